The van der Waals surface area contributed by atoms with E-state index in [1.54, 1.807) is 0 Å². The molecule has 0 fully saturated rings. The van der Waals surface area contributed by atoms with E-state index < -0.39 is 4.92 Å². The molecular weight excluding hydrogens is 334 g/mol. The topological polar surface area (TPSA) is 101 Å². The first-order valence-corrected chi connectivity index (χ1v) is 8.10. The van der Waals surface area contributed by atoms with Gasteiger partial charge in [0, 0.05) is 17.3 Å². The number of carbonyl (C=O) groups is 2. The highest BCUT2D eigenvalue weighted by atomic mass is 16.6. The molecule has 2 rings (SSSR count). The summed E-state index contributed by atoms with van der Waals surface area (Å²) >= 11 is 0. The third-order valence-corrected chi connectivity index (χ3v) is 3.98. The van der Waals surface area contributed by atoms with Crippen LogP contribution in [0.25, 0.3) is 0 Å². The molecule has 0 spiro atoms. The number of carbonyl (C=O) groups excluding carboxylic acids is 2. The Balaban J connectivity index is 2.13. The average molecular weight is 355 g/mol. The Bertz CT molecular complexity index is 867. The van der Waals surface area contributed by atoms with Crippen molar-refractivity contribution in [3.63, 3.8) is 0 Å². The molecule has 0 radical (unpaired) electrons. The smallest absolute Gasteiger partial charge is 0.293 e. The minimum absolute atomic E-state index is 0.132. The zero-order valence-corrected chi connectivity index (χ0v) is 15.2. The molecule has 26 heavy (non-hydrogen) atoms. The second kappa shape index (κ2) is 7.77. The van der Waals surface area contributed by atoms with Crippen molar-refractivity contribution in [3.05, 3.63) is 62.7 Å². The quantitative estimate of drug-likeness (QED) is 0.466. The Labute approximate surface area is 151 Å². The van der Waals surface area contributed by atoms with Crippen molar-refractivity contribution in [2.75, 3.05) is 17.2 Å². The van der Waals surface area contributed by atoms with Crippen LogP contribution in [0.1, 0.15) is 34.0 Å². The van der Waals surface area contributed by atoms with Crippen LogP contribution in [0.2, 0.25) is 0 Å². The van der Waals surface area contributed by atoms with Crippen molar-refractivity contribution in [2.24, 2.45) is 0 Å². The number of amides is 1. The van der Waals surface area contributed by atoms with Crippen LogP contribution in [0, 0.1) is 30.9 Å². The predicted octanol–water partition coefficient (Wildman–Crippen LogP) is 3.77. The number of rotatable bonds is 6. The van der Waals surface area contributed by atoms with Gasteiger partial charge in [0.2, 0.25) is 5.91 Å². The number of hydrogen-bond acceptors (Lipinski definition) is 5. The summed E-state index contributed by atoms with van der Waals surface area (Å²) in [6.45, 7) is 7.01. The molecule has 0 heterocycles. The second-order valence-electron chi connectivity index (χ2n) is 6.22. The van der Waals surface area contributed by atoms with Crippen molar-refractivity contribution in [2.45, 2.75) is 27.7 Å². The number of nitrogens with one attached hydrogen (secondary N) is 2. The number of nitro groups is 1. The lowest BCUT2D eigenvalue weighted by Crippen LogP contribution is -2.23. The van der Waals surface area contributed by atoms with Gasteiger partial charge >= 0.3 is 0 Å². The van der Waals surface area contributed by atoms with Crippen molar-refractivity contribution in [1.82, 2.24) is 0 Å². The molecule has 2 aromatic carbocycles. The first-order chi connectivity index (χ1) is 12.2. The molecule has 0 aliphatic rings. The van der Waals surface area contributed by atoms with Crippen molar-refractivity contribution in [1.29, 1.82) is 0 Å². The highest BCUT2D eigenvalue weighted by Gasteiger charge is 2.17. The molecule has 0 aromatic heterocycles. The van der Waals surface area contributed by atoms with E-state index in [0.717, 1.165) is 22.4 Å². The van der Waals surface area contributed by atoms with E-state index in [1.165, 1.54) is 25.1 Å². The maximum absolute atomic E-state index is 12.2. The summed E-state index contributed by atoms with van der Waals surface area (Å²) < 4.78 is 0. The van der Waals surface area contributed by atoms with Gasteiger partial charge in [-0.05, 0) is 51.0 Å². The molecule has 0 saturated carbocycles. The fraction of sp³-hybridized carbons (Fsp3) is 0.263. The number of Topliss-reactive ketones (excluding diaryl/α,β-unsaturated/α-hetero) is 1. The Morgan fingerprint density at radius 2 is 1.69 bits per heavy atom. The largest absolute Gasteiger partial charge is 0.371 e. The van der Waals surface area contributed by atoms with Crippen LogP contribution >= 0.6 is 0 Å². The number of hydrogen-bond donors (Lipinski definition) is 2. The predicted molar refractivity (Wildman–Crippen MR) is 101 cm³/mol. The van der Waals surface area contributed by atoms with Crippen molar-refractivity contribution in [3.8, 4) is 0 Å². The molecular formula is C19H21N3O4. The van der Waals surface area contributed by atoms with E-state index >= 15 is 0 Å². The number of nitro benzene ring substituents is 1. The molecule has 0 bridgehead atoms. The fourth-order valence-electron chi connectivity index (χ4n) is 2.79. The minimum atomic E-state index is -0.582. The van der Waals surface area contributed by atoms with E-state index in [-0.39, 0.29) is 35.2 Å². The summed E-state index contributed by atoms with van der Waals surface area (Å²) in [6.07, 6.45) is 0. The number of benzene rings is 2. The van der Waals surface area contributed by atoms with Gasteiger partial charge in [-0.15, -0.1) is 0 Å². The average Bonchev–Trinajstić information content (AvgIpc) is 2.55. The maximum atomic E-state index is 12.2. The van der Waals surface area contributed by atoms with Gasteiger partial charge in [0.15, 0.2) is 5.78 Å². The molecule has 0 saturated heterocycles. The van der Waals surface area contributed by atoms with Crippen LogP contribution in [0.4, 0.5) is 17.1 Å². The third kappa shape index (κ3) is 4.44. The summed E-state index contributed by atoms with van der Waals surface area (Å²) in [5.74, 6) is -0.576. The van der Waals surface area contributed by atoms with Crippen molar-refractivity contribution < 1.29 is 14.5 Å². The maximum Gasteiger partial charge on any atom is 0.293 e. The van der Waals surface area contributed by atoms with E-state index in [9.17, 15) is 19.7 Å². The van der Waals surface area contributed by atoms with Gasteiger partial charge in [0.25, 0.3) is 5.69 Å². The van der Waals surface area contributed by atoms with Gasteiger partial charge in [0.1, 0.15) is 5.69 Å². The molecule has 2 N–H and O–H groups in total. The zero-order valence-electron chi connectivity index (χ0n) is 15.2. The van der Waals surface area contributed by atoms with E-state index in [2.05, 4.69) is 10.6 Å². The SMILES string of the molecule is CC(=O)c1ccc(NCC(=O)Nc2c(C)cc(C)cc2C)c([N+](=O)[O-])c1. The van der Waals surface area contributed by atoms with Gasteiger partial charge in [-0.1, -0.05) is 17.7 Å². The molecule has 0 unspecified atom stereocenters. The van der Waals surface area contributed by atoms with Gasteiger partial charge in [-0.3, -0.25) is 19.7 Å². The lowest BCUT2D eigenvalue weighted by molar-refractivity contribution is -0.384. The van der Waals surface area contributed by atoms with Gasteiger partial charge in [-0.25, -0.2) is 0 Å². The number of anilines is 2. The molecule has 2 aromatic rings. The van der Waals surface area contributed by atoms with Crippen LogP contribution in [-0.4, -0.2) is 23.2 Å². The molecule has 136 valence electrons. The summed E-state index contributed by atoms with van der Waals surface area (Å²) in [5.41, 5.74) is 3.94. The minimum Gasteiger partial charge on any atom is -0.371 e. The Hall–Kier alpha value is -3.22. The summed E-state index contributed by atoms with van der Waals surface area (Å²) in [5, 5.41) is 16.8. The Morgan fingerprint density at radius 1 is 1.08 bits per heavy atom. The number of ketones is 1. The molecule has 0 aliphatic carbocycles. The van der Waals surface area contributed by atoms with Crippen LogP contribution in [0.15, 0.2) is 30.3 Å². The third-order valence-electron chi connectivity index (χ3n) is 3.98. The molecule has 7 heteroatoms. The highest BCUT2D eigenvalue weighted by Crippen LogP contribution is 2.26. The van der Waals surface area contributed by atoms with Crippen molar-refractivity contribution >= 4 is 28.8 Å². The van der Waals surface area contributed by atoms with E-state index in [4.69, 9.17) is 0 Å². The lowest BCUT2D eigenvalue weighted by Gasteiger charge is -2.13. The number of nitrogens with zero attached hydrogens (tertiary/aromatic N) is 1. The summed E-state index contributed by atoms with van der Waals surface area (Å²) in [6, 6.07) is 8.08. The fourth-order valence-corrected chi connectivity index (χ4v) is 2.79. The van der Waals surface area contributed by atoms with E-state index in [0.29, 0.717) is 0 Å². The monoisotopic (exact) mass is 355 g/mol. The Kier molecular flexibility index (Phi) is 5.71. The van der Waals surface area contributed by atoms with Crippen LogP contribution < -0.4 is 10.6 Å². The molecule has 0 atom stereocenters. The first kappa shape index (κ1) is 19.1. The van der Waals surface area contributed by atoms with Crippen LogP contribution in [0.3, 0.4) is 0 Å². The lowest BCUT2D eigenvalue weighted by atomic mass is 10.1. The molecule has 7 nitrogen and oxygen atoms in total. The van der Waals surface area contributed by atoms with Gasteiger partial charge in [-0.2, -0.15) is 0 Å². The molecule has 0 aliphatic heterocycles. The molecule has 1 amide bonds. The van der Waals surface area contributed by atoms with Crippen LogP contribution in [0.5, 0.6) is 0 Å². The van der Waals surface area contributed by atoms with E-state index in [1.807, 2.05) is 32.9 Å². The number of aryl methyl sites for hydroxylation is 3. The normalized spacial score (nSPS) is 10.3. The zero-order chi connectivity index (χ0) is 19.4. The first-order valence-electron chi connectivity index (χ1n) is 8.10. The summed E-state index contributed by atoms with van der Waals surface area (Å²) in [7, 11) is 0. The summed E-state index contributed by atoms with van der Waals surface area (Å²) in [4.78, 5) is 34.2. The van der Waals surface area contributed by atoms with Crippen LogP contribution in [-0.2, 0) is 4.79 Å². The second-order valence-corrected chi connectivity index (χ2v) is 6.22. The highest BCUT2D eigenvalue weighted by molar-refractivity contribution is 5.97. The van der Waals surface area contributed by atoms with Gasteiger partial charge in [0.05, 0.1) is 11.5 Å². The standard InChI is InChI=1S/C19H21N3O4/c1-11-7-12(2)19(13(3)8-11)21-18(24)10-20-16-6-5-15(14(4)23)9-17(16)22(25)26/h5-9,20H,10H2,1-4H3,(H,21,24). The van der Waals surface area contributed by atoms with Gasteiger partial charge < -0.3 is 10.6 Å². The Morgan fingerprint density at radius 3 is 2.23 bits per heavy atom.